The number of rotatable bonds is 1. The molecule has 11 heavy (non-hydrogen) atoms. The molecule has 0 aliphatic carbocycles. The summed E-state index contributed by atoms with van der Waals surface area (Å²) in [5, 5.41) is 0.0648. The van der Waals surface area contributed by atoms with Crippen LogP contribution in [-0.4, -0.2) is 9.79 Å². The van der Waals surface area contributed by atoms with Crippen LogP contribution >= 0.6 is 7.60 Å². The zero-order chi connectivity index (χ0) is 7.61. The normalized spacial score (nSPS) is 10.4. The molecule has 0 unspecified atom stereocenters. The van der Waals surface area contributed by atoms with Gasteiger partial charge < -0.3 is 9.79 Å². The second-order valence-electron chi connectivity index (χ2n) is 1.88. The van der Waals surface area contributed by atoms with Crippen molar-refractivity contribution in [3.05, 3.63) is 30.3 Å². The molecule has 0 atom stereocenters. The van der Waals surface area contributed by atoms with Gasteiger partial charge in [-0.05, 0) is 12.1 Å². The monoisotopic (exact) mass is 310 g/mol. The molecule has 0 amide bonds. The minimum Gasteiger partial charge on any atom is -0.321 e. The van der Waals surface area contributed by atoms with Gasteiger partial charge in [-0.15, -0.1) is 0 Å². The maximum Gasteiger partial charge on any atom is 0.356 e. The van der Waals surface area contributed by atoms with E-state index >= 15 is 0 Å². The van der Waals surface area contributed by atoms with Crippen LogP contribution in [0.25, 0.3) is 0 Å². The van der Waals surface area contributed by atoms with Crippen LogP contribution < -0.4 is 5.30 Å². The quantitative estimate of drug-likeness (QED) is 0.743. The summed E-state index contributed by atoms with van der Waals surface area (Å²) in [6.07, 6.45) is 0. The molecule has 0 heterocycles. The fourth-order valence-corrected chi connectivity index (χ4v) is 1.18. The summed E-state index contributed by atoms with van der Waals surface area (Å²) < 4.78 is 10.5. The summed E-state index contributed by atoms with van der Waals surface area (Å²) in [5.74, 6) is 0. The van der Waals surface area contributed by atoms with Gasteiger partial charge in [-0.25, -0.2) is 0 Å². The summed E-state index contributed by atoms with van der Waals surface area (Å²) in [6, 6.07) is 7.70. The molecule has 0 aromatic heterocycles. The Labute approximate surface area is 97.1 Å². The fraction of sp³-hybridized carbons (Fsp3) is 0. The summed E-state index contributed by atoms with van der Waals surface area (Å²) in [4.78, 5) is 17.2. The van der Waals surface area contributed by atoms with Crippen LogP contribution in [0.5, 0.6) is 0 Å². The van der Waals surface area contributed by atoms with Gasteiger partial charge in [0, 0.05) is 40.4 Å². The standard InChI is InChI=1S/C6H7O3P.Sm/c7-10(8,9)6-4-2-1-3-5-6;/h1-5H,(H2,7,8,9);. The minimum absolute atomic E-state index is 0. The molecule has 1 aromatic carbocycles. The smallest absolute Gasteiger partial charge is 0.321 e. The Kier molecular flexibility index (Phi) is 4.96. The van der Waals surface area contributed by atoms with Gasteiger partial charge in [0.05, 0.1) is 5.30 Å². The number of hydrogen-bond donors (Lipinski definition) is 2. The van der Waals surface area contributed by atoms with Crippen molar-refractivity contribution in [3.8, 4) is 0 Å². The average molecular weight is 308 g/mol. The van der Waals surface area contributed by atoms with Gasteiger partial charge in [0.25, 0.3) is 0 Å². The van der Waals surface area contributed by atoms with E-state index in [0.717, 1.165) is 0 Å². The second-order valence-corrected chi connectivity index (χ2v) is 3.48. The van der Waals surface area contributed by atoms with Crippen molar-refractivity contribution in [1.29, 1.82) is 0 Å². The van der Waals surface area contributed by atoms with E-state index < -0.39 is 7.60 Å². The topological polar surface area (TPSA) is 57.5 Å². The van der Waals surface area contributed by atoms with Gasteiger partial charge in [0.2, 0.25) is 0 Å². The van der Waals surface area contributed by atoms with Crippen molar-refractivity contribution in [2.24, 2.45) is 0 Å². The maximum absolute atomic E-state index is 10.5. The van der Waals surface area contributed by atoms with Crippen molar-refractivity contribution in [3.63, 3.8) is 0 Å². The van der Waals surface area contributed by atoms with E-state index in [1.807, 2.05) is 0 Å². The van der Waals surface area contributed by atoms with E-state index in [1.54, 1.807) is 18.2 Å². The zero-order valence-electron chi connectivity index (χ0n) is 5.54. The van der Waals surface area contributed by atoms with E-state index in [0.29, 0.717) is 0 Å². The number of hydrogen-bond acceptors (Lipinski definition) is 1. The zero-order valence-corrected chi connectivity index (χ0v) is 9.06. The van der Waals surface area contributed by atoms with Crippen LogP contribution in [0, 0.1) is 40.4 Å². The first kappa shape index (κ1) is 11.7. The first-order valence-corrected chi connectivity index (χ1v) is 4.33. The van der Waals surface area contributed by atoms with Gasteiger partial charge in [0.1, 0.15) is 0 Å². The van der Waals surface area contributed by atoms with Crippen molar-refractivity contribution < 1.29 is 54.7 Å². The van der Waals surface area contributed by atoms with Crippen LogP contribution in [0.15, 0.2) is 30.3 Å². The molecule has 0 saturated carbocycles. The summed E-state index contributed by atoms with van der Waals surface area (Å²) in [7, 11) is -4.02. The van der Waals surface area contributed by atoms with Crippen molar-refractivity contribution in [2.45, 2.75) is 0 Å². The molecular weight excluding hydrogens is 301 g/mol. The van der Waals surface area contributed by atoms with Crippen molar-refractivity contribution >= 4 is 12.9 Å². The Hall–Kier alpha value is 0.708. The second kappa shape index (κ2) is 4.66. The van der Waals surface area contributed by atoms with Gasteiger partial charge in [-0.2, -0.15) is 0 Å². The Morgan fingerprint density at radius 3 is 1.82 bits per heavy atom. The fourth-order valence-electron chi connectivity index (χ4n) is 0.622. The van der Waals surface area contributed by atoms with E-state index in [1.165, 1.54) is 12.1 Å². The van der Waals surface area contributed by atoms with Gasteiger partial charge >= 0.3 is 7.60 Å². The molecule has 3 nitrogen and oxygen atoms in total. The molecule has 0 spiro atoms. The minimum atomic E-state index is -4.02. The predicted molar refractivity (Wildman–Crippen MR) is 38.1 cm³/mol. The molecule has 60 valence electrons. The van der Waals surface area contributed by atoms with Gasteiger partial charge in [0.15, 0.2) is 0 Å². The third-order valence-corrected chi connectivity index (χ3v) is 2.06. The third kappa shape index (κ3) is 3.75. The molecule has 0 radical (unpaired) electrons. The SMILES string of the molecule is O=P(O)(O)c1ccccc1.[Sm]. The molecule has 0 aliphatic heterocycles. The molecule has 1 rings (SSSR count). The first-order valence-electron chi connectivity index (χ1n) is 2.72. The van der Waals surface area contributed by atoms with Crippen LogP contribution in [0.2, 0.25) is 0 Å². The van der Waals surface area contributed by atoms with E-state index in [9.17, 15) is 4.57 Å². The van der Waals surface area contributed by atoms with Gasteiger partial charge in [-0.3, -0.25) is 4.57 Å². The maximum atomic E-state index is 10.5. The van der Waals surface area contributed by atoms with Crippen molar-refractivity contribution in [2.75, 3.05) is 0 Å². The van der Waals surface area contributed by atoms with E-state index in [4.69, 9.17) is 9.79 Å². The molecule has 2 N–H and O–H groups in total. The largest absolute Gasteiger partial charge is 0.356 e. The average Bonchev–Trinajstić information content (AvgIpc) is 1.88. The van der Waals surface area contributed by atoms with Gasteiger partial charge in [-0.1, -0.05) is 18.2 Å². The Bertz CT molecular complexity index is 256. The summed E-state index contributed by atoms with van der Waals surface area (Å²) in [6.45, 7) is 0. The molecule has 0 aliphatic rings. The molecule has 5 heteroatoms. The Morgan fingerprint density at radius 1 is 1.09 bits per heavy atom. The molecule has 0 fully saturated rings. The summed E-state index contributed by atoms with van der Waals surface area (Å²) in [5.41, 5.74) is 0. The third-order valence-electron chi connectivity index (χ3n) is 1.09. The number of benzene rings is 1. The Balaban J connectivity index is 0.000001000. The molecule has 1 aromatic rings. The van der Waals surface area contributed by atoms with Crippen LogP contribution in [0.4, 0.5) is 0 Å². The molecular formula is C6H7O3PSm. The van der Waals surface area contributed by atoms with Crippen molar-refractivity contribution in [1.82, 2.24) is 0 Å². The van der Waals surface area contributed by atoms with Crippen LogP contribution in [0.1, 0.15) is 0 Å². The Morgan fingerprint density at radius 2 is 1.55 bits per heavy atom. The van der Waals surface area contributed by atoms with Crippen LogP contribution in [-0.2, 0) is 4.57 Å². The predicted octanol–water partition coefficient (Wildman–Crippen LogP) is 0.490. The van der Waals surface area contributed by atoms with E-state index in [2.05, 4.69) is 0 Å². The molecule has 0 saturated heterocycles. The molecule has 0 bridgehead atoms. The van der Waals surface area contributed by atoms with Crippen LogP contribution in [0.3, 0.4) is 0 Å². The first-order chi connectivity index (χ1) is 4.61. The van der Waals surface area contributed by atoms with E-state index in [-0.39, 0.29) is 45.7 Å². The summed E-state index contributed by atoms with van der Waals surface area (Å²) >= 11 is 0.